The van der Waals surface area contributed by atoms with E-state index in [0.29, 0.717) is 18.8 Å². The third-order valence-corrected chi connectivity index (χ3v) is 7.72. The molecule has 10 heteroatoms. The Labute approximate surface area is 209 Å². The minimum atomic E-state index is -0.953. The molecule has 0 bridgehead atoms. The van der Waals surface area contributed by atoms with E-state index in [9.17, 15) is 23.5 Å². The summed E-state index contributed by atoms with van der Waals surface area (Å²) in [6, 6.07) is 1.74. The van der Waals surface area contributed by atoms with Crippen LogP contribution in [0.4, 0.5) is 8.78 Å². The number of nitrogens with zero attached hydrogens (tertiary/aromatic N) is 4. The molecule has 2 saturated carbocycles. The number of rotatable bonds is 6. The van der Waals surface area contributed by atoms with E-state index in [0.717, 1.165) is 31.0 Å². The van der Waals surface area contributed by atoms with Crippen LogP contribution in [0, 0.1) is 17.0 Å². The molecule has 0 spiro atoms. The minimum absolute atomic E-state index is 0.0194. The Morgan fingerprint density at radius 2 is 1.94 bits per heavy atom. The molecule has 1 aromatic carbocycles. The highest BCUT2D eigenvalue weighted by atomic mass is 19.1. The first-order chi connectivity index (χ1) is 17.0. The van der Waals surface area contributed by atoms with Crippen molar-refractivity contribution in [3.05, 3.63) is 47.3 Å². The maximum Gasteiger partial charge on any atom is 0.248 e. The number of halogens is 2. The fourth-order valence-corrected chi connectivity index (χ4v) is 5.51. The third-order valence-electron chi connectivity index (χ3n) is 7.72. The molecule has 2 amide bonds. The molecule has 8 nitrogen and oxygen atoms in total. The summed E-state index contributed by atoms with van der Waals surface area (Å²) < 4.78 is 29.7. The van der Waals surface area contributed by atoms with E-state index in [1.54, 1.807) is 4.68 Å². The average Bonchev–Trinajstić information content (AvgIpc) is 3.37. The van der Waals surface area contributed by atoms with Crippen LogP contribution in [0.15, 0.2) is 24.4 Å². The lowest BCUT2D eigenvalue weighted by Gasteiger charge is -2.44. The van der Waals surface area contributed by atoms with Crippen molar-refractivity contribution in [1.82, 2.24) is 25.2 Å². The molecule has 2 N–H and O–H groups in total. The molecular weight excluding hydrogens is 468 g/mol. The average molecular weight is 502 g/mol. The van der Waals surface area contributed by atoms with Gasteiger partial charge in [0.25, 0.3) is 0 Å². The second kappa shape index (κ2) is 8.90. The fourth-order valence-electron chi connectivity index (χ4n) is 5.51. The lowest BCUT2D eigenvalue weighted by Crippen LogP contribution is -2.57. The topological polar surface area (TPSA) is 100 Å². The smallest absolute Gasteiger partial charge is 0.248 e. The number of hydrogen-bond donors (Lipinski definition) is 2. The second-order valence-corrected chi connectivity index (χ2v) is 11.6. The zero-order valence-corrected chi connectivity index (χ0v) is 20.9. The van der Waals surface area contributed by atoms with Crippen molar-refractivity contribution in [2.24, 2.45) is 5.41 Å². The zero-order valence-electron chi connectivity index (χ0n) is 20.9. The first-order valence-electron chi connectivity index (χ1n) is 12.7. The predicted molar refractivity (Wildman–Crippen MR) is 127 cm³/mol. The van der Waals surface area contributed by atoms with E-state index in [1.165, 1.54) is 17.0 Å². The predicted octanol–water partition coefficient (Wildman–Crippen LogP) is 3.18. The van der Waals surface area contributed by atoms with E-state index >= 15 is 0 Å². The molecular formula is C26H33F2N5O3. The lowest BCUT2D eigenvalue weighted by atomic mass is 9.71. The molecule has 2 aromatic rings. The quantitative estimate of drug-likeness (QED) is 0.633. The Bertz CT molecular complexity index is 1170. The largest absolute Gasteiger partial charge is 0.391 e. The Kier molecular flexibility index (Phi) is 6.13. The van der Waals surface area contributed by atoms with Crippen LogP contribution >= 0.6 is 0 Å². The van der Waals surface area contributed by atoms with Crippen LogP contribution in [0.2, 0.25) is 0 Å². The summed E-state index contributed by atoms with van der Waals surface area (Å²) in [5.41, 5.74) is -0.387. The second-order valence-electron chi connectivity index (χ2n) is 11.6. The van der Waals surface area contributed by atoms with Gasteiger partial charge >= 0.3 is 0 Å². The summed E-state index contributed by atoms with van der Waals surface area (Å²) in [5.74, 6) is -1.78. The van der Waals surface area contributed by atoms with Gasteiger partial charge in [-0.05, 0) is 43.6 Å². The highest BCUT2D eigenvalue weighted by molar-refractivity contribution is 5.90. The number of aliphatic hydroxyl groups is 1. The van der Waals surface area contributed by atoms with Crippen LogP contribution in [-0.2, 0) is 15.1 Å². The van der Waals surface area contributed by atoms with E-state index in [2.05, 4.69) is 15.6 Å². The fraction of sp³-hybridized carbons (Fsp3) is 0.615. The van der Waals surface area contributed by atoms with Gasteiger partial charge in [0.05, 0.1) is 17.3 Å². The number of benzene rings is 1. The number of carbonyl (C=O) groups excluding carboxylic acids is 2. The molecule has 3 aliphatic rings. The van der Waals surface area contributed by atoms with Crippen LogP contribution in [-0.4, -0.2) is 55.5 Å². The third kappa shape index (κ3) is 4.51. The molecule has 1 aromatic heterocycles. The van der Waals surface area contributed by atoms with Gasteiger partial charge in [-0.25, -0.2) is 13.5 Å². The van der Waals surface area contributed by atoms with Gasteiger partial charge in [-0.3, -0.25) is 9.59 Å². The van der Waals surface area contributed by atoms with Crippen molar-refractivity contribution in [3.8, 4) is 0 Å². The number of nitrogens with one attached hydrogen (secondary N) is 1. The molecule has 2 heterocycles. The summed E-state index contributed by atoms with van der Waals surface area (Å²) in [4.78, 5) is 28.9. The number of carbonyl (C=O) groups is 2. The number of β-amino-alcohol motifs (C(OH)–C–C–N with tert-alkyl or cyclic N) is 1. The normalized spacial score (nSPS) is 24.3. The van der Waals surface area contributed by atoms with E-state index < -0.39 is 46.7 Å². The summed E-state index contributed by atoms with van der Waals surface area (Å²) in [6.45, 7) is 5.80. The molecule has 2 aliphatic carbocycles. The molecule has 5 rings (SSSR count). The Morgan fingerprint density at radius 1 is 1.22 bits per heavy atom. The molecule has 1 saturated heterocycles. The molecule has 1 aliphatic heterocycles. The lowest BCUT2D eigenvalue weighted by molar-refractivity contribution is -0.145. The number of likely N-dealkylation sites (tertiary alicyclic amines) is 1. The number of aliphatic hydroxyl groups excluding tert-OH is 1. The monoisotopic (exact) mass is 501 g/mol. The van der Waals surface area contributed by atoms with Crippen LogP contribution in [0.3, 0.4) is 0 Å². The van der Waals surface area contributed by atoms with Crippen molar-refractivity contribution < 1.29 is 23.5 Å². The number of aromatic nitrogens is 3. The summed E-state index contributed by atoms with van der Waals surface area (Å²) in [6.07, 6.45) is 4.97. The molecule has 0 radical (unpaired) electrons. The molecule has 2 unspecified atom stereocenters. The summed E-state index contributed by atoms with van der Waals surface area (Å²) in [7, 11) is 0. The van der Waals surface area contributed by atoms with Gasteiger partial charge in [0.1, 0.15) is 23.7 Å². The molecule has 3 atom stereocenters. The summed E-state index contributed by atoms with van der Waals surface area (Å²) in [5, 5.41) is 21.9. The molecule has 36 heavy (non-hydrogen) atoms. The zero-order chi connectivity index (χ0) is 25.8. The van der Waals surface area contributed by atoms with Gasteiger partial charge < -0.3 is 15.3 Å². The van der Waals surface area contributed by atoms with Crippen LogP contribution in [0.25, 0.3) is 0 Å². The highest BCUT2D eigenvalue weighted by Crippen LogP contribution is 2.43. The standard InChI is InChI=1S/C26H33F2N5O3/c1-25(2,3)22(33-14-20(30-31-33)15-5-6-15)24(36)32-13-17(34)12-21(32)23(35)29-26(9-4-10-26)18-8-7-16(27)11-19(18)28/h7-8,11,14-15,17,21-22,34H,4-6,9-10,12-13H2,1-3H3,(H,29,35)/t17?,21?,22-/m1/s1. The van der Waals surface area contributed by atoms with Gasteiger partial charge in [0.2, 0.25) is 11.8 Å². The minimum Gasteiger partial charge on any atom is -0.391 e. The van der Waals surface area contributed by atoms with Crippen molar-refractivity contribution >= 4 is 11.8 Å². The van der Waals surface area contributed by atoms with Gasteiger partial charge in [-0.15, -0.1) is 5.10 Å². The Balaban J connectivity index is 1.40. The van der Waals surface area contributed by atoms with E-state index in [-0.39, 0.29) is 24.4 Å². The number of hydrogen-bond acceptors (Lipinski definition) is 5. The number of amides is 2. The van der Waals surface area contributed by atoms with Crippen molar-refractivity contribution in [1.29, 1.82) is 0 Å². The van der Waals surface area contributed by atoms with Crippen molar-refractivity contribution in [3.63, 3.8) is 0 Å². The van der Waals surface area contributed by atoms with Crippen molar-refractivity contribution in [2.45, 2.75) is 88.9 Å². The highest BCUT2D eigenvalue weighted by Gasteiger charge is 2.48. The Morgan fingerprint density at radius 3 is 2.53 bits per heavy atom. The molecule has 3 fully saturated rings. The van der Waals surface area contributed by atoms with E-state index in [1.807, 2.05) is 27.0 Å². The first kappa shape index (κ1) is 24.8. The molecule has 194 valence electrons. The van der Waals surface area contributed by atoms with Crippen molar-refractivity contribution in [2.75, 3.05) is 6.54 Å². The maximum atomic E-state index is 14.6. The van der Waals surface area contributed by atoms with Gasteiger partial charge in [0, 0.05) is 36.7 Å². The van der Waals surface area contributed by atoms with Crippen LogP contribution in [0.5, 0.6) is 0 Å². The van der Waals surface area contributed by atoms with Gasteiger partial charge in [-0.2, -0.15) is 0 Å². The summed E-state index contributed by atoms with van der Waals surface area (Å²) >= 11 is 0. The van der Waals surface area contributed by atoms with Gasteiger partial charge in [0.15, 0.2) is 0 Å². The maximum absolute atomic E-state index is 14.6. The van der Waals surface area contributed by atoms with Gasteiger partial charge in [-0.1, -0.05) is 32.1 Å². The SMILES string of the molecule is CC(C)(C)[C@@H](C(=O)N1CC(O)CC1C(=O)NC1(c2ccc(F)cc2F)CCC1)n1cc(C2CC2)nn1. The van der Waals surface area contributed by atoms with E-state index in [4.69, 9.17) is 0 Å². The Hall–Kier alpha value is -2.88. The van der Waals surface area contributed by atoms with Crippen LogP contribution < -0.4 is 5.32 Å². The van der Waals surface area contributed by atoms with Crippen LogP contribution in [0.1, 0.15) is 82.5 Å². The first-order valence-corrected chi connectivity index (χ1v) is 12.7.